The van der Waals surface area contributed by atoms with Gasteiger partial charge >= 0.3 is 5.97 Å². The maximum absolute atomic E-state index is 11.1. The van der Waals surface area contributed by atoms with Crippen molar-refractivity contribution in [2.45, 2.75) is 27.1 Å². The molecule has 0 aliphatic rings. The van der Waals surface area contributed by atoms with E-state index in [1.54, 1.807) is 18.3 Å². The summed E-state index contributed by atoms with van der Waals surface area (Å²) in [5.74, 6) is 0.243. The fourth-order valence-electron chi connectivity index (χ4n) is 1.59. The molecule has 0 bridgehead atoms. The zero-order valence-corrected chi connectivity index (χ0v) is 13.7. The molecule has 22 heavy (non-hydrogen) atoms. The Hall–Kier alpha value is -1.77. The van der Waals surface area contributed by atoms with Gasteiger partial charge in [0.1, 0.15) is 0 Å². The minimum atomic E-state index is -0.428. The van der Waals surface area contributed by atoms with Crippen molar-refractivity contribution in [3.05, 3.63) is 18.3 Å². The number of aromatic nitrogens is 1. The molecule has 8 heteroatoms. The van der Waals surface area contributed by atoms with Crippen molar-refractivity contribution in [1.29, 1.82) is 0 Å². The third-order valence-corrected chi connectivity index (χ3v) is 2.64. The van der Waals surface area contributed by atoms with Crippen LogP contribution in [-0.4, -0.2) is 42.1 Å². The van der Waals surface area contributed by atoms with E-state index in [-0.39, 0.29) is 6.29 Å². The summed E-state index contributed by atoms with van der Waals surface area (Å²) < 4.78 is 15.9. The van der Waals surface area contributed by atoms with E-state index in [0.717, 1.165) is 0 Å². The summed E-state index contributed by atoms with van der Waals surface area (Å²) in [6.07, 6.45) is 1.19. The van der Waals surface area contributed by atoms with E-state index < -0.39 is 5.97 Å². The Morgan fingerprint density at radius 1 is 1.36 bits per heavy atom. The highest BCUT2D eigenvalue weighted by molar-refractivity contribution is 7.80. The van der Waals surface area contributed by atoms with Crippen LogP contribution in [0.25, 0.3) is 0 Å². The number of esters is 1. The Morgan fingerprint density at radius 2 is 2.05 bits per heavy atom. The zero-order chi connectivity index (χ0) is 16.4. The van der Waals surface area contributed by atoms with Crippen molar-refractivity contribution in [3.8, 4) is 5.75 Å². The lowest BCUT2D eigenvalue weighted by molar-refractivity contribution is -0.132. The molecule has 1 heterocycles. The van der Waals surface area contributed by atoms with Gasteiger partial charge in [0.25, 0.3) is 0 Å². The van der Waals surface area contributed by atoms with E-state index in [0.29, 0.717) is 36.4 Å². The number of pyridine rings is 1. The molecule has 0 aromatic carbocycles. The smallest absolute Gasteiger partial charge is 0.308 e. The number of hydrogen-bond acceptors (Lipinski definition) is 6. The van der Waals surface area contributed by atoms with Gasteiger partial charge in [0.05, 0.1) is 6.54 Å². The molecule has 0 amide bonds. The Labute approximate surface area is 135 Å². The van der Waals surface area contributed by atoms with Crippen LogP contribution < -0.4 is 15.4 Å². The van der Waals surface area contributed by atoms with Gasteiger partial charge in [-0.3, -0.25) is 4.79 Å². The van der Waals surface area contributed by atoms with Gasteiger partial charge in [-0.2, -0.15) is 0 Å². The first-order valence-electron chi connectivity index (χ1n) is 6.98. The highest BCUT2D eigenvalue weighted by Gasteiger charge is 2.11. The number of carbonyl (C=O) groups is 1. The molecule has 0 saturated heterocycles. The zero-order valence-electron chi connectivity index (χ0n) is 12.9. The Kier molecular flexibility index (Phi) is 8.34. The third kappa shape index (κ3) is 6.79. The van der Waals surface area contributed by atoms with Gasteiger partial charge in [-0.25, -0.2) is 4.98 Å². The SMILES string of the molecule is CCOC(CNC(=S)Nc1ncccc1OC(C)=O)OCC. The quantitative estimate of drug-likeness (QED) is 0.424. The van der Waals surface area contributed by atoms with E-state index >= 15 is 0 Å². The van der Waals surface area contributed by atoms with Gasteiger partial charge < -0.3 is 24.8 Å². The molecule has 0 aliphatic carbocycles. The molecule has 122 valence electrons. The molecule has 7 nitrogen and oxygen atoms in total. The van der Waals surface area contributed by atoms with Crippen LogP contribution in [0.2, 0.25) is 0 Å². The third-order valence-electron chi connectivity index (χ3n) is 2.39. The largest absolute Gasteiger partial charge is 0.423 e. The molecule has 0 aliphatic heterocycles. The van der Waals surface area contributed by atoms with Crippen molar-refractivity contribution in [3.63, 3.8) is 0 Å². The lowest BCUT2D eigenvalue weighted by Gasteiger charge is -2.19. The number of ether oxygens (including phenoxy) is 3. The normalized spacial score (nSPS) is 10.4. The maximum Gasteiger partial charge on any atom is 0.308 e. The van der Waals surface area contributed by atoms with Crippen LogP contribution in [0, 0.1) is 0 Å². The highest BCUT2D eigenvalue weighted by atomic mass is 32.1. The summed E-state index contributed by atoms with van der Waals surface area (Å²) in [7, 11) is 0. The number of thiocarbonyl (C=S) groups is 1. The topological polar surface area (TPSA) is 81.7 Å². The fourth-order valence-corrected chi connectivity index (χ4v) is 1.77. The summed E-state index contributed by atoms with van der Waals surface area (Å²) in [6, 6.07) is 3.29. The summed E-state index contributed by atoms with van der Waals surface area (Å²) in [6.45, 7) is 6.59. The lowest BCUT2D eigenvalue weighted by Crippen LogP contribution is -2.37. The summed E-state index contributed by atoms with van der Waals surface area (Å²) in [5, 5.41) is 6.18. The molecule has 1 aromatic rings. The predicted octanol–water partition coefficient (Wildman–Crippen LogP) is 1.69. The van der Waals surface area contributed by atoms with Gasteiger partial charge in [-0.1, -0.05) is 0 Å². The standard InChI is InChI=1S/C14H21N3O4S/c1-4-19-12(20-5-2)9-16-14(22)17-13-11(21-10(3)18)7-6-8-15-13/h6-8,12H,4-5,9H2,1-3H3,(H2,15,16,17,22). The van der Waals surface area contributed by atoms with Crippen molar-refractivity contribution in [1.82, 2.24) is 10.3 Å². The Balaban J connectivity index is 2.56. The number of carbonyl (C=O) groups excluding carboxylic acids is 1. The van der Waals surface area contributed by atoms with E-state index in [4.69, 9.17) is 26.4 Å². The fraction of sp³-hybridized carbons (Fsp3) is 0.500. The molecule has 0 atom stereocenters. The van der Waals surface area contributed by atoms with Crippen molar-refractivity contribution in [2.24, 2.45) is 0 Å². The minimum Gasteiger partial charge on any atom is -0.423 e. The van der Waals surface area contributed by atoms with Crippen LogP contribution in [0.15, 0.2) is 18.3 Å². The molecule has 0 fully saturated rings. The second-order valence-electron chi connectivity index (χ2n) is 4.12. The Bertz CT molecular complexity index is 493. The van der Waals surface area contributed by atoms with E-state index in [9.17, 15) is 4.79 Å². The van der Waals surface area contributed by atoms with Crippen LogP contribution in [0.4, 0.5) is 5.82 Å². The van der Waals surface area contributed by atoms with Crippen LogP contribution >= 0.6 is 12.2 Å². The number of nitrogens with one attached hydrogen (secondary N) is 2. The van der Waals surface area contributed by atoms with Gasteiger partial charge in [0.2, 0.25) is 0 Å². The van der Waals surface area contributed by atoms with Crippen LogP contribution in [0.5, 0.6) is 5.75 Å². The van der Waals surface area contributed by atoms with Gasteiger partial charge in [0.15, 0.2) is 23.0 Å². The molecule has 0 saturated carbocycles. The average molecular weight is 327 g/mol. The molecule has 0 unspecified atom stereocenters. The summed E-state index contributed by atoms with van der Waals surface area (Å²) >= 11 is 5.18. The number of rotatable bonds is 8. The number of nitrogens with zero attached hydrogens (tertiary/aromatic N) is 1. The van der Waals surface area contributed by atoms with Gasteiger partial charge in [0, 0.05) is 26.3 Å². The first kappa shape index (κ1) is 18.3. The van der Waals surface area contributed by atoms with E-state index in [1.807, 2.05) is 13.8 Å². The molecule has 1 rings (SSSR count). The van der Waals surface area contributed by atoms with E-state index in [2.05, 4.69) is 15.6 Å². The number of hydrogen-bond donors (Lipinski definition) is 2. The highest BCUT2D eigenvalue weighted by Crippen LogP contribution is 2.20. The minimum absolute atomic E-state index is 0.310. The monoisotopic (exact) mass is 327 g/mol. The average Bonchev–Trinajstić information content (AvgIpc) is 2.47. The molecular weight excluding hydrogens is 306 g/mol. The summed E-state index contributed by atoms with van der Waals surface area (Å²) in [4.78, 5) is 15.1. The van der Waals surface area contributed by atoms with Crippen molar-refractivity contribution < 1.29 is 19.0 Å². The lowest BCUT2D eigenvalue weighted by atomic mass is 10.4. The van der Waals surface area contributed by atoms with Crippen molar-refractivity contribution in [2.75, 3.05) is 25.1 Å². The molecule has 0 spiro atoms. The van der Waals surface area contributed by atoms with Crippen LogP contribution in [0.3, 0.4) is 0 Å². The first-order valence-corrected chi connectivity index (χ1v) is 7.39. The maximum atomic E-state index is 11.1. The van der Waals surface area contributed by atoms with Crippen molar-refractivity contribution >= 4 is 29.1 Å². The van der Waals surface area contributed by atoms with Gasteiger partial charge in [-0.05, 0) is 38.2 Å². The molecule has 0 radical (unpaired) electrons. The summed E-state index contributed by atoms with van der Waals surface area (Å²) in [5.41, 5.74) is 0. The molecule has 2 N–H and O–H groups in total. The first-order chi connectivity index (χ1) is 10.6. The second-order valence-corrected chi connectivity index (χ2v) is 4.53. The van der Waals surface area contributed by atoms with Crippen LogP contribution in [0.1, 0.15) is 20.8 Å². The van der Waals surface area contributed by atoms with E-state index in [1.165, 1.54) is 6.92 Å². The molecule has 1 aromatic heterocycles. The molecular formula is C14H21N3O4S. The van der Waals surface area contributed by atoms with Crippen LogP contribution in [-0.2, 0) is 14.3 Å². The van der Waals surface area contributed by atoms with Gasteiger partial charge in [-0.15, -0.1) is 0 Å². The number of anilines is 1. The predicted molar refractivity (Wildman–Crippen MR) is 86.8 cm³/mol. The second kappa shape index (κ2) is 10.0. The Morgan fingerprint density at radius 3 is 2.64 bits per heavy atom.